The molecule has 3 aromatic rings. The Kier molecular flexibility index (Phi) is 9.87. The topological polar surface area (TPSA) is 140 Å². The van der Waals surface area contributed by atoms with E-state index in [-0.39, 0.29) is 12.4 Å². The van der Waals surface area contributed by atoms with Crippen molar-refractivity contribution in [1.82, 2.24) is 0 Å². The van der Waals surface area contributed by atoms with Crippen LogP contribution in [-0.2, 0) is 19.1 Å². The van der Waals surface area contributed by atoms with E-state index >= 15 is 0 Å². The van der Waals surface area contributed by atoms with Gasteiger partial charge in [-0.15, -0.1) is 0 Å². The first-order chi connectivity index (χ1) is 17.4. The molecule has 10 nitrogen and oxygen atoms in total. The lowest BCUT2D eigenvalue weighted by Crippen LogP contribution is -2.87. The van der Waals surface area contributed by atoms with E-state index in [4.69, 9.17) is 43.5 Å². The number of benzene rings is 3. The van der Waals surface area contributed by atoms with E-state index in [1.807, 2.05) is 30.3 Å². The first kappa shape index (κ1) is 26.7. The minimum atomic E-state index is -2.07. The van der Waals surface area contributed by atoms with Crippen LogP contribution in [0.4, 0.5) is 0 Å². The number of nitrogens with two attached hydrogens (primary N) is 1. The van der Waals surface area contributed by atoms with Gasteiger partial charge >= 0.3 is 5.97 Å². The first-order valence-electron chi connectivity index (χ1n) is 11.3. The molecule has 0 aliphatic carbocycles. The fraction of sp³-hybridized carbons (Fsp3) is 0.308. The molecule has 3 N–H and O–H groups in total. The number of quaternary nitrogens is 1. The zero-order chi connectivity index (χ0) is 25.9. The molecule has 0 amide bonds. The zero-order valence-corrected chi connectivity index (χ0v) is 20.0. The number of carboxylic acids is 2. The maximum Gasteiger partial charge on any atom is 0.351 e. The van der Waals surface area contributed by atoms with Crippen molar-refractivity contribution in [2.24, 2.45) is 0 Å². The third-order valence-electron chi connectivity index (χ3n) is 5.35. The average molecular weight is 500 g/mol. The molecule has 36 heavy (non-hydrogen) atoms. The standard InChI is InChI=1S/C24H27NO5.C2H2O4/c1-26-21-8-5-9-22(27-2)23(21)28-13-12-25-15-20-16-29-24(30-20)19-11-10-17-6-3-4-7-18(17)14-19;3-1(4)2(5)6/h3-11,14,20,24-25H,12-13,15-16H2,1-2H3;(H,3,4)(H,5,6)/t20-,24-;/m0./s1. The largest absolute Gasteiger partial charge is 0.539 e. The second kappa shape index (κ2) is 13.3. The number of fused-ring (bicyclic) bond motifs is 1. The van der Waals surface area contributed by atoms with Gasteiger partial charge in [0.2, 0.25) is 5.75 Å². The van der Waals surface area contributed by atoms with Gasteiger partial charge in [-0.2, -0.15) is 0 Å². The lowest BCUT2D eigenvalue weighted by Gasteiger charge is -2.14. The molecule has 0 spiro atoms. The normalized spacial score (nSPS) is 16.6. The quantitative estimate of drug-likeness (QED) is 0.322. The molecular weight excluding hydrogens is 470 g/mol. The minimum Gasteiger partial charge on any atom is -0.539 e. The summed E-state index contributed by atoms with van der Waals surface area (Å²) in [4.78, 5) is 18.0. The van der Waals surface area contributed by atoms with Crippen LogP contribution in [0.5, 0.6) is 17.2 Å². The van der Waals surface area contributed by atoms with Gasteiger partial charge in [0, 0.05) is 5.56 Å². The molecule has 0 radical (unpaired) electrons. The van der Waals surface area contributed by atoms with Crippen molar-refractivity contribution < 1.29 is 48.8 Å². The van der Waals surface area contributed by atoms with E-state index in [1.54, 1.807) is 14.2 Å². The van der Waals surface area contributed by atoms with Gasteiger partial charge < -0.3 is 44.0 Å². The summed E-state index contributed by atoms with van der Waals surface area (Å²) in [5.74, 6) is -2.04. The number of hydrogen-bond acceptors (Lipinski definition) is 8. The Morgan fingerprint density at radius 1 is 1.03 bits per heavy atom. The summed E-state index contributed by atoms with van der Waals surface area (Å²) in [6.45, 7) is 2.74. The molecule has 1 saturated heterocycles. The van der Waals surface area contributed by atoms with Crippen molar-refractivity contribution in [3.63, 3.8) is 0 Å². The van der Waals surface area contributed by atoms with E-state index < -0.39 is 11.9 Å². The molecule has 2 atom stereocenters. The molecule has 4 rings (SSSR count). The van der Waals surface area contributed by atoms with Gasteiger partial charge in [0.05, 0.1) is 20.8 Å². The highest BCUT2D eigenvalue weighted by Gasteiger charge is 2.28. The molecule has 1 aliphatic rings. The van der Waals surface area contributed by atoms with E-state index in [9.17, 15) is 0 Å². The Balaban J connectivity index is 0.000000538. The number of carbonyl (C=O) groups excluding carboxylic acids is 1. The third-order valence-corrected chi connectivity index (χ3v) is 5.35. The van der Waals surface area contributed by atoms with Crippen LogP contribution in [-0.4, -0.2) is 63.7 Å². The number of aliphatic carboxylic acids is 2. The van der Waals surface area contributed by atoms with E-state index in [0.717, 1.165) is 18.7 Å². The molecule has 1 heterocycles. The molecule has 3 aromatic carbocycles. The van der Waals surface area contributed by atoms with Crippen molar-refractivity contribution in [3.05, 3.63) is 66.2 Å². The fourth-order valence-electron chi connectivity index (χ4n) is 3.61. The number of carbonyl (C=O) groups is 2. The Morgan fingerprint density at radius 2 is 1.69 bits per heavy atom. The lowest BCUT2D eigenvalue weighted by atomic mass is 10.1. The lowest BCUT2D eigenvalue weighted by molar-refractivity contribution is -0.661. The Labute approximate surface area is 208 Å². The fourth-order valence-corrected chi connectivity index (χ4v) is 3.61. The highest BCUT2D eigenvalue weighted by Crippen LogP contribution is 2.36. The Morgan fingerprint density at radius 3 is 2.33 bits per heavy atom. The van der Waals surface area contributed by atoms with E-state index in [2.05, 4.69) is 35.6 Å². The van der Waals surface area contributed by atoms with Gasteiger partial charge in [0.25, 0.3) is 0 Å². The number of carboxylic acid groups (broad SMARTS) is 2. The van der Waals surface area contributed by atoms with Gasteiger partial charge in [0.15, 0.2) is 23.8 Å². The summed E-state index contributed by atoms with van der Waals surface area (Å²) in [7, 11) is 3.24. The molecular formula is C26H29NO9. The second-order valence-corrected chi connectivity index (χ2v) is 7.78. The van der Waals surface area contributed by atoms with Crippen molar-refractivity contribution in [2.45, 2.75) is 12.4 Å². The minimum absolute atomic E-state index is 0.0577. The zero-order valence-electron chi connectivity index (χ0n) is 20.0. The predicted octanol–water partition coefficient (Wildman–Crippen LogP) is 0.734. The summed E-state index contributed by atoms with van der Waals surface area (Å²) in [6, 6.07) is 20.2. The van der Waals surface area contributed by atoms with Crippen LogP contribution >= 0.6 is 0 Å². The summed E-state index contributed by atoms with van der Waals surface area (Å²) in [5, 5.41) is 20.9. The summed E-state index contributed by atoms with van der Waals surface area (Å²) in [6.07, 6.45) is -0.246. The van der Waals surface area contributed by atoms with Crippen LogP contribution in [0.25, 0.3) is 10.8 Å². The second-order valence-electron chi connectivity index (χ2n) is 7.78. The predicted molar refractivity (Wildman–Crippen MR) is 127 cm³/mol. The Hall–Kier alpha value is -3.86. The van der Waals surface area contributed by atoms with Gasteiger partial charge in [0.1, 0.15) is 25.8 Å². The molecule has 0 bridgehead atoms. The number of ether oxygens (including phenoxy) is 5. The van der Waals surface area contributed by atoms with Crippen LogP contribution in [0, 0.1) is 0 Å². The number of hydrogen-bond donors (Lipinski definition) is 2. The summed E-state index contributed by atoms with van der Waals surface area (Å²) < 4.78 is 28.6. The first-order valence-corrected chi connectivity index (χ1v) is 11.3. The monoisotopic (exact) mass is 499 g/mol. The molecule has 0 saturated carbocycles. The molecule has 0 unspecified atom stereocenters. The maximum absolute atomic E-state index is 9.04. The summed E-state index contributed by atoms with van der Waals surface area (Å²) >= 11 is 0. The van der Waals surface area contributed by atoms with Crippen LogP contribution in [0.2, 0.25) is 0 Å². The van der Waals surface area contributed by atoms with Gasteiger partial charge in [-0.25, -0.2) is 4.79 Å². The molecule has 0 aromatic heterocycles. The maximum atomic E-state index is 9.04. The van der Waals surface area contributed by atoms with Crippen LogP contribution in [0.15, 0.2) is 60.7 Å². The van der Waals surface area contributed by atoms with Crippen molar-refractivity contribution >= 4 is 22.7 Å². The van der Waals surface area contributed by atoms with Crippen molar-refractivity contribution in [1.29, 1.82) is 0 Å². The molecule has 10 heteroatoms. The SMILES string of the molecule is COc1cccc(OC)c1OCC[NH2+]C[C@H]1CO[C@H](c2ccc3ccccc3c2)O1.O=C([O-])C(=O)O. The van der Waals surface area contributed by atoms with E-state index in [1.165, 1.54) is 10.8 Å². The van der Waals surface area contributed by atoms with Crippen LogP contribution in [0.1, 0.15) is 11.9 Å². The van der Waals surface area contributed by atoms with Crippen LogP contribution in [0.3, 0.4) is 0 Å². The van der Waals surface area contributed by atoms with E-state index in [0.29, 0.717) is 30.5 Å². The Bertz CT molecular complexity index is 1130. The van der Waals surface area contributed by atoms with Crippen molar-refractivity contribution in [2.75, 3.05) is 40.5 Å². The smallest absolute Gasteiger partial charge is 0.351 e. The van der Waals surface area contributed by atoms with Gasteiger partial charge in [-0.05, 0) is 29.0 Å². The third kappa shape index (κ3) is 7.32. The summed E-state index contributed by atoms with van der Waals surface area (Å²) in [5.41, 5.74) is 1.06. The van der Waals surface area contributed by atoms with Crippen LogP contribution < -0.4 is 24.6 Å². The number of methoxy groups -OCH3 is 2. The number of rotatable bonds is 9. The highest BCUT2D eigenvalue weighted by molar-refractivity contribution is 6.26. The highest BCUT2D eigenvalue weighted by atomic mass is 16.7. The van der Waals surface area contributed by atoms with Gasteiger partial charge in [-0.1, -0.05) is 42.5 Å². The molecule has 192 valence electrons. The van der Waals surface area contributed by atoms with Crippen molar-refractivity contribution in [3.8, 4) is 17.2 Å². The molecule has 1 fully saturated rings. The molecule has 1 aliphatic heterocycles. The average Bonchev–Trinajstić information content (AvgIpc) is 3.37. The number of para-hydroxylation sites is 1. The van der Waals surface area contributed by atoms with Gasteiger partial charge in [-0.3, -0.25) is 0 Å².